The molecule has 19 heavy (non-hydrogen) atoms. The fourth-order valence-corrected chi connectivity index (χ4v) is 10.2. The zero-order valence-electron chi connectivity index (χ0n) is 10.2. The van der Waals surface area contributed by atoms with Crippen LogP contribution in [0.1, 0.15) is 0 Å². The number of nitrogens with zero attached hydrogens (tertiary/aromatic N) is 3. The second-order valence-corrected chi connectivity index (χ2v) is 12.6. The Morgan fingerprint density at radius 2 is 0.947 bits per heavy atom. The first kappa shape index (κ1) is 12.4. The van der Waals surface area contributed by atoms with E-state index in [0.717, 1.165) is 0 Å². The van der Waals surface area contributed by atoms with Crippen molar-refractivity contribution in [3.05, 3.63) is 73.6 Å². The molecule has 0 unspecified atom stereocenters. The molecule has 0 radical (unpaired) electrons. The van der Waals surface area contributed by atoms with Gasteiger partial charge in [0.05, 0.1) is 0 Å². The summed E-state index contributed by atoms with van der Waals surface area (Å²) in [5.74, 6) is 0. The van der Waals surface area contributed by atoms with Crippen molar-refractivity contribution in [1.29, 1.82) is 0 Å². The Kier molecular flexibility index (Phi) is 3.90. The van der Waals surface area contributed by atoms with Crippen LogP contribution in [-0.4, -0.2) is 36.7 Å². The summed E-state index contributed by atoms with van der Waals surface area (Å²) < 4.78 is 4.04. The van der Waals surface area contributed by atoms with Crippen LogP contribution in [0.15, 0.2) is 73.6 Å². The summed E-state index contributed by atoms with van der Waals surface area (Å²) in [6.07, 6.45) is 11.4. The number of aromatic nitrogens is 3. The first-order valence-corrected chi connectivity index (χ1v) is 11.2. The third-order valence-electron chi connectivity index (χ3n) is 2.71. The average Bonchev–Trinajstić information content (AvgIpc) is 2.51. The molecule has 0 fully saturated rings. The minimum atomic E-state index is -2.25. The van der Waals surface area contributed by atoms with Crippen LogP contribution in [0, 0.1) is 0 Å². The fourth-order valence-electron chi connectivity index (χ4n) is 1.91. The normalized spacial score (nSPS) is 10.6. The van der Waals surface area contributed by atoms with Gasteiger partial charge in [-0.1, -0.05) is 0 Å². The Morgan fingerprint density at radius 3 is 1.21 bits per heavy atom. The molecule has 3 aromatic heterocycles. The van der Waals surface area contributed by atoms with Crippen molar-refractivity contribution in [2.75, 3.05) is 0 Å². The summed E-state index contributed by atoms with van der Waals surface area (Å²) in [6, 6.07) is 12.5. The van der Waals surface area contributed by atoms with Crippen LogP contribution < -0.4 is 9.81 Å². The maximum absolute atomic E-state index is 4.27. The molecule has 0 saturated carbocycles. The van der Waals surface area contributed by atoms with Crippen LogP contribution in [-0.2, 0) is 0 Å². The zero-order valence-corrected chi connectivity index (χ0v) is 13.7. The van der Waals surface area contributed by atoms with E-state index in [2.05, 4.69) is 33.2 Å². The van der Waals surface area contributed by atoms with Crippen LogP contribution in [0.25, 0.3) is 0 Å². The van der Waals surface area contributed by atoms with Crippen molar-refractivity contribution in [2.45, 2.75) is 0 Å². The summed E-state index contributed by atoms with van der Waals surface area (Å²) in [5.41, 5.74) is 0. The molecule has 3 nitrogen and oxygen atoms in total. The molecule has 0 N–H and O–H groups in total. The predicted octanol–water partition coefficient (Wildman–Crippen LogP) is 0.388. The molecular formula is C15H12BiN3. The number of hydrogen-bond donors (Lipinski definition) is 0. The Morgan fingerprint density at radius 1 is 0.579 bits per heavy atom. The van der Waals surface area contributed by atoms with Gasteiger partial charge >= 0.3 is 120 Å². The third kappa shape index (κ3) is 2.85. The summed E-state index contributed by atoms with van der Waals surface area (Å²) in [5, 5.41) is 0. The van der Waals surface area contributed by atoms with Gasteiger partial charge in [-0.3, -0.25) is 0 Å². The Labute approximate surface area is 120 Å². The molecule has 3 aromatic rings. The Bertz CT molecular complexity index is 535. The zero-order chi connectivity index (χ0) is 12.9. The van der Waals surface area contributed by atoms with E-state index >= 15 is 0 Å². The van der Waals surface area contributed by atoms with E-state index in [1.165, 1.54) is 9.81 Å². The monoisotopic (exact) mass is 443 g/mol. The van der Waals surface area contributed by atoms with E-state index in [-0.39, 0.29) is 0 Å². The quantitative estimate of drug-likeness (QED) is 0.550. The van der Waals surface area contributed by atoms with Crippen molar-refractivity contribution in [1.82, 2.24) is 15.0 Å². The van der Waals surface area contributed by atoms with E-state index in [0.29, 0.717) is 0 Å². The van der Waals surface area contributed by atoms with E-state index in [4.69, 9.17) is 0 Å². The molecule has 0 aliphatic carbocycles. The average molecular weight is 443 g/mol. The molecule has 4 heteroatoms. The minimum absolute atomic E-state index is 1.35. The van der Waals surface area contributed by atoms with Crippen LogP contribution in [0.3, 0.4) is 0 Å². The molecule has 0 atom stereocenters. The van der Waals surface area contributed by atoms with Gasteiger partial charge in [0.15, 0.2) is 0 Å². The molecule has 0 saturated heterocycles. The molecule has 0 aliphatic heterocycles. The molecule has 3 rings (SSSR count). The molecule has 0 spiro atoms. The Hall–Kier alpha value is -1.67. The molecule has 0 aliphatic rings. The predicted molar refractivity (Wildman–Crippen MR) is 77.4 cm³/mol. The van der Waals surface area contributed by atoms with E-state index in [1.807, 2.05) is 55.4 Å². The van der Waals surface area contributed by atoms with Gasteiger partial charge in [0.25, 0.3) is 0 Å². The van der Waals surface area contributed by atoms with Gasteiger partial charge in [-0.25, -0.2) is 0 Å². The topological polar surface area (TPSA) is 38.7 Å². The molecule has 3 heterocycles. The van der Waals surface area contributed by atoms with Crippen molar-refractivity contribution >= 4 is 31.6 Å². The van der Waals surface area contributed by atoms with Gasteiger partial charge in [0, 0.05) is 0 Å². The number of hydrogen-bond acceptors (Lipinski definition) is 3. The van der Waals surface area contributed by atoms with Crippen molar-refractivity contribution < 1.29 is 0 Å². The van der Waals surface area contributed by atoms with Crippen molar-refractivity contribution in [3.63, 3.8) is 0 Å². The van der Waals surface area contributed by atoms with E-state index in [1.54, 1.807) is 0 Å². The van der Waals surface area contributed by atoms with Gasteiger partial charge in [-0.2, -0.15) is 0 Å². The van der Waals surface area contributed by atoms with Gasteiger partial charge in [0.2, 0.25) is 0 Å². The molecule has 0 aromatic carbocycles. The van der Waals surface area contributed by atoms with Crippen LogP contribution in [0.4, 0.5) is 0 Å². The molecule has 0 amide bonds. The van der Waals surface area contributed by atoms with Gasteiger partial charge < -0.3 is 0 Å². The Balaban J connectivity index is 2.12. The van der Waals surface area contributed by atoms with Crippen molar-refractivity contribution in [2.24, 2.45) is 0 Å². The standard InChI is InChI=1S/3C5H4N.Bi/c3*1-2-4-6-5-3-1;/h3*1-2,4-5H;. The molecule has 0 bridgehead atoms. The summed E-state index contributed by atoms with van der Waals surface area (Å²) in [4.78, 5) is 12.8. The summed E-state index contributed by atoms with van der Waals surface area (Å²) >= 11 is -2.25. The number of pyridine rings is 3. The van der Waals surface area contributed by atoms with E-state index < -0.39 is 21.8 Å². The SMILES string of the molecule is c1cnc[c]([Bi]([c]2cccnc2)[c]2cccnc2)c1. The third-order valence-corrected chi connectivity index (χ3v) is 11.8. The van der Waals surface area contributed by atoms with Crippen LogP contribution >= 0.6 is 0 Å². The van der Waals surface area contributed by atoms with Gasteiger partial charge in [-0.15, -0.1) is 0 Å². The van der Waals surface area contributed by atoms with Crippen LogP contribution in [0.5, 0.6) is 0 Å². The van der Waals surface area contributed by atoms with Crippen molar-refractivity contribution in [3.8, 4) is 0 Å². The van der Waals surface area contributed by atoms with E-state index in [9.17, 15) is 0 Å². The fraction of sp³-hybridized carbons (Fsp3) is 0. The first-order chi connectivity index (χ1) is 9.45. The van der Waals surface area contributed by atoms with Crippen LogP contribution in [0.2, 0.25) is 0 Å². The first-order valence-electron chi connectivity index (χ1n) is 5.95. The maximum atomic E-state index is 4.27. The van der Waals surface area contributed by atoms with Gasteiger partial charge in [0.1, 0.15) is 0 Å². The summed E-state index contributed by atoms with van der Waals surface area (Å²) in [7, 11) is 0. The molecular weight excluding hydrogens is 431 g/mol. The second-order valence-electron chi connectivity index (χ2n) is 3.97. The summed E-state index contributed by atoms with van der Waals surface area (Å²) in [6.45, 7) is 0. The molecule has 92 valence electrons. The number of rotatable bonds is 3. The second kappa shape index (κ2) is 5.98. The van der Waals surface area contributed by atoms with Gasteiger partial charge in [-0.05, 0) is 0 Å².